The molecule has 4 aromatic carbocycles. The Morgan fingerprint density at radius 3 is 1.34 bits per heavy atom. The van der Waals surface area contributed by atoms with Crippen molar-refractivity contribution in [3.63, 3.8) is 0 Å². The van der Waals surface area contributed by atoms with Crippen LogP contribution in [0.3, 0.4) is 0 Å². The molecule has 0 saturated carbocycles. The van der Waals surface area contributed by atoms with Gasteiger partial charge in [0.2, 0.25) is 0 Å². The summed E-state index contributed by atoms with van der Waals surface area (Å²) in [6, 6.07) is 24.3. The van der Waals surface area contributed by atoms with Crippen LogP contribution in [-0.4, -0.2) is 10.3 Å². The molecule has 32 heavy (non-hydrogen) atoms. The number of fused-ring (bicyclic) bond motifs is 2. The normalized spacial score (nSPS) is 11.4. The highest BCUT2D eigenvalue weighted by molar-refractivity contribution is 6.01. The van der Waals surface area contributed by atoms with Crippen molar-refractivity contribution in [1.29, 1.82) is 0 Å². The minimum atomic E-state index is -0.381. The monoisotopic (exact) mass is 424 g/mol. The third-order valence-electron chi connectivity index (χ3n) is 5.52. The van der Waals surface area contributed by atoms with Crippen molar-refractivity contribution in [2.24, 2.45) is 0 Å². The molecule has 6 rings (SSSR count). The second-order valence-electron chi connectivity index (χ2n) is 7.43. The molecule has 6 aromatic rings. The van der Waals surface area contributed by atoms with Crippen molar-refractivity contribution < 1.29 is 17.8 Å². The molecular formula is C26H14F2N2O2. The summed E-state index contributed by atoms with van der Waals surface area (Å²) in [5.41, 5.74) is 5.49. The first-order valence-electron chi connectivity index (χ1n) is 9.98. The molecule has 154 valence electrons. The second kappa shape index (κ2) is 7.13. The first-order chi connectivity index (χ1) is 15.7. The Bertz CT molecular complexity index is 1500. The highest BCUT2D eigenvalue weighted by Crippen LogP contribution is 2.41. The molecule has 0 amide bonds. The van der Waals surface area contributed by atoms with E-state index < -0.39 is 0 Å². The lowest BCUT2D eigenvalue weighted by Gasteiger charge is -2.12. The zero-order chi connectivity index (χ0) is 21.7. The average Bonchev–Trinajstić information content (AvgIpc) is 3.42. The van der Waals surface area contributed by atoms with Crippen LogP contribution in [0.1, 0.15) is 0 Å². The summed E-state index contributed by atoms with van der Waals surface area (Å²) in [4.78, 5) is 0. The Kier molecular flexibility index (Phi) is 4.11. The molecule has 2 heterocycles. The number of halogens is 2. The van der Waals surface area contributed by atoms with E-state index in [1.54, 1.807) is 12.1 Å². The van der Waals surface area contributed by atoms with Gasteiger partial charge in [0, 0.05) is 34.0 Å². The molecule has 6 heteroatoms. The van der Waals surface area contributed by atoms with E-state index in [1.165, 1.54) is 24.3 Å². The number of nitrogens with zero attached hydrogens (tertiary/aromatic N) is 2. The lowest BCUT2D eigenvalue weighted by molar-refractivity contribution is 0.457. The predicted molar refractivity (Wildman–Crippen MR) is 118 cm³/mol. The van der Waals surface area contributed by atoms with E-state index in [2.05, 4.69) is 10.3 Å². The Morgan fingerprint density at radius 1 is 0.500 bits per heavy atom. The summed E-state index contributed by atoms with van der Waals surface area (Å²) in [5, 5.41) is 9.90. The van der Waals surface area contributed by atoms with Gasteiger partial charge in [-0.3, -0.25) is 0 Å². The topological polar surface area (TPSA) is 52.1 Å². The standard InChI is InChI=1S/C26H14F2N2O2/c27-15-9-11-21-23(13-15)31-29-25(21)19-7-3-1-5-17(19)18-6-2-4-8-20(18)26-22-12-10-16(28)14-24(22)32-30-26/h1-14H. The summed E-state index contributed by atoms with van der Waals surface area (Å²) < 4.78 is 38.0. The maximum absolute atomic E-state index is 13.6. The van der Waals surface area contributed by atoms with Crippen molar-refractivity contribution in [1.82, 2.24) is 10.3 Å². The lowest BCUT2D eigenvalue weighted by atomic mass is 9.91. The Morgan fingerprint density at radius 2 is 0.906 bits per heavy atom. The van der Waals surface area contributed by atoms with Crippen molar-refractivity contribution in [3.8, 4) is 33.6 Å². The summed E-state index contributed by atoms with van der Waals surface area (Å²) in [7, 11) is 0. The fourth-order valence-electron chi connectivity index (χ4n) is 4.06. The third-order valence-corrected chi connectivity index (χ3v) is 5.52. The van der Waals surface area contributed by atoms with Crippen LogP contribution in [0.2, 0.25) is 0 Å². The summed E-state index contributed by atoms with van der Waals surface area (Å²) in [6.45, 7) is 0. The number of rotatable bonds is 3. The summed E-state index contributed by atoms with van der Waals surface area (Å²) >= 11 is 0. The van der Waals surface area contributed by atoms with E-state index in [-0.39, 0.29) is 11.6 Å². The molecule has 0 bridgehead atoms. The van der Waals surface area contributed by atoms with Gasteiger partial charge in [0.15, 0.2) is 11.2 Å². The van der Waals surface area contributed by atoms with Crippen molar-refractivity contribution in [2.45, 2.75) is 0 Å². The van der Waals surface area contributed by atoms with Crippen LogP contribution in [0.5, 0.6) is 0 Å². The molecule has 0 aliphatic carbocycles. The van der Waals surface area contributed by atoms with Gasteiger partial charge in [-0.25, -0.2) is 8.78 Å². The summed E-state index contributed by atoms with van der Waals surface area (Å²) in [5.74, 6) is -0.763. The van der Waals surface area contributed by atoms with Crippen LogP contribution in [0.4, 0.5) is 8.78 Å². The van der Waals surface area contributed by atoms with Crippen LogP contribution in [0.25, 0.3) is 55.6 Å². The zero-order valence-electron chi connectivity index (χ0n) is 16.5. The quantitative estimate of drug-likeness (QED) is 0.300. The molecule has 0 atom stereocenters. The molecule has 0 radical (unpaired) electrons. The fourth-order valence-corrected chi connectivity index (χ4v) is 4.06. The molecule has 0 saturated heterocycles. The molecule has 0 spiro atoms. The number of aromatic nitrogens is 2. The largest absolute Gasteiger partial charge is 0.356 e. The number of benzene rings is 4. The van der Waals surface area contributed by atoms with Gasteiger partial charge in [-0.15, -0.1) is 0 Å². The van der Waals surface area contributed by atoms with Gasteiger partial charge in [-0.05, 0) is 35.4 Å². The molecule has 4 nitrogen and oxygen atoms in total. The minimum absolute atomic E-state index is 0.381. The van der Waals surface area contributed by atoms with Gasteiger partial charge in [-0.2, -0.15) is 0 Å². The molecule has 0 aliphatic heterocycles. The maximum Gasteiger partial charge on any atom is 0.170 e. The van der Waals surface area contributed by atoms with Crippen LogP contribution < -0.4 is 0 Å². The Balaban J connectivity index is 1.58. The maximum atomic E-state index is 13.6. The van der Waals surface area contributed by atoms with Crippen molar-refractivity contribution in [2.75, 3.05) is 0 Å². The van der Waals surface area contributed by atoms with Crippen LogP contribution >= 0.6 is 0 Å². The molecule has 0 fully saturated rings. The van der Waals surface area contributed by atoms with E-state index in [0.29, 0.717) is 22.6 Å². The van der Waals surface area contributed by atoms with Crippen molar-refractivity contribution >= 4 is 21.9 Å². The van der Waals surface area contributed by atoms with Gasteiger partial charge in [0.25, 0.3) is 0 Å². The van der Waals surface area contributed by atoms with E-state index in [9.17, 15) is 8.78 Å². The smallest absolute Gasteiger partial charge is 0.170 e. The first kappa shape index (κ1) is 18.4. The highest BCUT2D eigenvalue weighted by atomic mass is 19.1. The molecule has 0 unspecified atom stereocenters. The van der Waals surface area contributed by atoms with E-state index >= 15 is 0 Å². The highest BCUT2D eigenvalue weighted by Gasteiger charge is 2.20. The second-order valence-corrected chi connectivity index (χ2v) is 7.43. The minimum Gasteiger partial charge on any atom is -0.356 e. The number of hydrogen-bond donors (Lipinski definition) is 0. The van der Waals surface area contributed by atoms with E-state index in [0.717, 1.165) is 33.0 Å². The predicted octanol–water partition coefficient (Wildman–Crippen LogP) is 7.25. The zero-order valence-corrected chi connectivity index (χ0v) is 16.5. The van der Waals surface area contributed by atoms with Gasteiger partial charge < -0.3 is 9.05 Å². The molecule has 0 aliphatic rings. The fraction of sp³-hybridized carbons (Fsp3) is 0. The van der Waals surface area contributed by atoms with Crippen LogP contribution in [-0.2, 0) is 0 Å². The van der Waals surface area contributed by atoms with Gasteiger partial charge >= 0.3 is 0 Å². The van der Waals surface area contributed by atoms with E-state index in [4.69, 9.17) is 9.05 Å². The third kappa shape index (κ3) is 2.88. The lowest BCUT2D eigenvalue weighted by Crippen LogP contribution is -1.90. The van der Waals surface area contributed by atoms with Crippen LogP contribution in [0, 0.1) is 11.6 Å². The Hall–Kier alpha value is -4.32. The van der Waals surface area contributed by atoms with E-state index in [1.807, 2.05) is 48.5 Å². The average molecular weight is 424 g/mol. The van der Waals surface area contributed by atoms with Gasteiger partial charge in [0.05, 0.1) is 0 Å². The Labute approximate surface area is 180 Å². The molecule has 2 aromatic heterocycles. The summed E-state index contributed by atoms with van der Waals surface area (Å²) in [6.07, 6.45) is 0. The number of hydrogen-bond acceptors (Lipinski definition) is 4. The first-order valence-corrected chi connectivity index (χ1v) is 9.98. The van der Waals surface area contributed by atoms with Gasteiger partial charge in [-0.1, -0.05) is 58.8 Å². The van der Waals surface area contributed by atoms with Crippen molar-refractivity contribution in [3.05, 3.63) is 96.6 Å². The van der Waals surface area contributed by atoms with Crippen LogP contribution in [0.15, 0.2) is 94.0 Å². The molecule has 0 N–H and O–H groups in total. The molecular weight excluding hydrogens is 410 g/mol. The SMILES string of the molecule is Fc1ccc2c(-c3ccccc3-c3ccccc3-c3noc4cc(F)ccc34)noc2c1. The van der Waals surface area contributed by atoms with Gasteiger partial charge in [0.1, 0.15) is 23.0 Å².